The van der Waals surface area contributed by atoms with Crippen molar-refractivity contribution in [3.63, 3.8) is 0 Å². The lowest BCUT2D eigenvalue weighted by atomic mass is 10.1. The summed E-state index contributed by atoms with van der Waals surface area (Å²) in [6, 6.07) is 0. The molecule has 0 fully saturated rings. The van der Waals surface area contributed by atoms with Crippen LogP contribution in [-0.4, -0.2) is 36.7 Å². The third-order valence-corrected chi connectivity index (χ3v) is 2.04. The first-order valence-electron chi connectivity index (χ1n) is 5.19. The highest BCUT2D eigenvalue weighted by Gasteiger charge is 2.33. The summed E-state index contributed by atoms with van der Waals surface area (Å²) in [7, 11) is 0. The van der Waals surface area contributed by atoms with Gasteiger partial charge < -0.3 is 14.8 Å². The molecule has 0 aromatic heterocycles. The Morgan fingerprint density at radius 1 is 1.12 bits per heavy atom. The van der Waals surface area contributed by atoms with Crippen LogP contribution in [0.4, 0.5) is 0 Å². The molecule has 0 bridgehead atoms. The molecular weight excluding hydrogens is 230 g/mol. The molecular formula is C10H17NO4S. The number of esters is 2. The van der Waals surface area contributed by atoms with E-state index in [9.17, 15) is 9.59 Å². The molecule has 5 nitrogen and oxygen atoms in total. The van der Waals surface area contributed by atoms with Gasteiger partial charge in [0.25, 0.3) is 0 Å². The van der Waals surface area contributed by atoms with Gasteiger partial charge in [-0.05, 0) is 20.8 Å². The molecule has 6 heteroatoms. The molecule has 92 valence electrons. The fourth-order valence-electron chi connectivity index (χ4n) is 1.04. The van der Waals surface area contributed by atoms with Crippen molar-refractivity contribution in [3.05, 3.63) is 0 Å². The van der Waals surface area contributed by atoms with E-state index in [1.54, 1.807) is 13.8 Å². The van der Waals surface area contributed by atoms with Gasteiger partial charge in [-0.1, -0.05) is 12.2 Å². The molecule has 0 radical (unpaired) electrons. The van der Waals surface area contributed by atoms with Crippen molar-refractivity contribution in [3.8, 4) is 0 Å². The SMILES string of the molecule is CCNC(=S)C(C(=O)OCC)C(=O)OCC. The molecule has 0 unspecified atom stereocenters. The van der Waals surface area contributed by atoms with Crippen LogP contribution in [0, 0.1) is 5.92 Å². The summed E-state index contributed by atoms with van der Waals surface area (Å²) in [5, 5.41) is 2.75. The van der Waals surface area contributed by atoms with E-state index in [1.165, 1.54) is 0 Å². The van der Waals surface area contributed by atoms with Crippen LogP contribution in [0.15, 0.2) is 0 Å². The average molecular weight is 247 g/mol. The first-order chi connectivity index (χ1) is 7.58. The van der Waals surface area contributed by atoms with Crippen molar-refractivity contribution in [1.82, 2.24) is 5.32 Å². The first-order valence-corrected chi connectivity index (χ1v) is 5.60. The van der Waals surface area contributed by atoms with Gasteiger partial charge in [-0.3, -0.25) is 9.59 Å². The minimum absolute atomic E-state index is 0.138. The molecule has 0 spiro atoms. The lowest BCUT2D eigenvalue weighted by Crippen LogP contribution is -2.40. The maximum atomic E-state index is 11.5. The van der Waals surface area contributed by atoms with E-state index in [0.29, 0.717) is 6.54 Å². The largest absolute Gasteiger partial charge is 0.465 e. The quantitative estimate of drug-likeness (QED) is 0.423. The van der Waals surface area contributed by atoms with Crippen LogP contribution in [0.1, 0.15) is 20.8 Å². The Balaban J connectivity index is 4.68. The summed E-state index contributed by atoms with van der Waals surface area (Å²) in [5.74, 6) is -2.51. The first kappa shape index (κ1) is 14.8. The average Bonchev–Trinajstić information content (AvgIpc) is 2.19. The third-order valence-electron chi connectivity index (χ3n) is 1.66. The van der Waals surface area contributed by atoms with Crippen molar-refractivity contribution in [2.75, 3.05) is 19.8 Å². The molecule has 0 rings (SSSR count). The Kier molecular flexibility index (Phi) is 7.45. The topological polar surface area (TPSA) is 64.6 Å². The van der Waals surface area contributed by atoms with Crippen molar-refractivity contribution in [2.24, 2.45) is 5.92 Å². The van der Waals surface area contributed by atoms with Crippen molar-refractivity contribution in [1.29, 1.82) is 0 Å². The van der Waals surface area contributed by atoms with Gasteiger partial charge in [0, 0.05) is 6.54 Å². The molecule has 0 aliphatic rings. The minimum atomic E-state index is -1.16. The monoisotopic (exact) mass is 247 g/mol. The summed E-state index contributed by atoms with van der Waals surface area (Å²) in [5.41, 5.74) is 0. The number of ether oxygens (including phenoxy) is 2. The highest BCUT2D eigenvalue weighted by atomic mass is 32.1. The normalized spacial score (nSPS) is 9.75. The third kappa shape index (κ3) is 4.57. The van der Waals surface area contributed by atoms with Crippen LogP contribution in [0.2, 0.25) is 0 Å². The summed E-state index contributed by atoms with van der Waals surface area (Å²) < 4.78 is 9.54. The second kappa shape index (κ2) is 8.04. The van der Waals surface area contributed by atoms with Crippen molar-refractivity contribution >= 4 is 29.1 Å². The number of hydrogen-bond donors (Lipinski definition) is 1. The number of carbonyl (C=O) groups is 2. The Hall–Kier alpha value is -1.17. The van der Waals surface area contributed by atoms with E-state index >= 15 is 0 Å². The Labute approximate surface area is 100 Å². The number of thiocarbonyl (C=S) groups is 1. The van der Waals surface area contributed by atoms with Crippen LogP contribution in [0.3, 0.4) is 0 Å². The molecule has 0 aliphatic carbocycles. The molecule has 0 saturated carbocycles. The zero-order valence-corrected chi connectivity index (χ0v) is 10.6. The fourth-order valence-corrected chi connectivity index (χ4v) is 1.37. The van der Waals surface area contributed by atoms with Crippen molar-refractivity contribution in [2.45, 2.75) is 20.8 Å². The minimum Gasteiger partial charge on any atom is -0.465 e. The lowest BCUT2D eigenvalue weighted by molar-refractivity contribution is -0.157. The highest BCUT2D eigenvalue weighted by molar-refractivity contribution is 7.80. The molecule has 16 heavy (non-hydrogen) atoms. The maximum Gasteiger partial charge on any atom is 0.327 e. The van der Waals surface area contributed by atoms with Gasteiger partial charge in [-0.2, -0.15) is 0 Å². The lowest BCUT2D eigenvalue weighted by Gasteiger charge is -2.15. The van der Waals surface area contributed by atoms with Crippen LogP contribution >= 0.6 is 12.2 Å². The Bertz CT molecular complexity index is 225. The molecule has 0 aliphatic heterocycles. The van der Waals surface area contributed by atoms with E-state index < -0.39 is 17.9 Å². The van der Waals surface area contributed by atoms with Gasteiger partial charge in [0.15, 0.2) is 0 Å². The Morgan fingerprint density at radius 2 is 1.56 bits per heavy atom. The van der Waals surface area contributed by atoms with Crippen LogP contribution in [0.25, 0.3) is 0 Å². The Morgan fingerprint density at radius 3 is 1.88 bits per heavy atom. The van der Waals surface area contributed by atoms with E-state index in [-0.39, 0.29) is 18.2 Å². The van der Waals surface area contributed by atoms with Gasteiger partial charge in [0.2, 0.25) is 5.92 Å². The van der Waals surface area contributed by atoms with E-state index in [0.717, 1.165) is 0 Å². The number of nitrogens with one attached hydrogen (secondary N) is 1. The van der Waals surface area contributed by atoms with E-state index in [4.69, 9.17) is 21.7 Å². The molecule has 0 heterocycles. The molecule has 0 atom stereocenters. The molecule has 0 aromatic carbocycles. The fraction of sp³-hybridized carbons (Fsp3) is 0.700. The predicted molar refractivity (Wildman–Crippen MR) is 63.0 cm³/mol. The van der Waals surface area contributed by atoms with Crippen molar-refractivity contribution < 1.29 is 19.1 Å². The highest BCUT2D eigenvalue weighted by Crippen LogP contribution is 2.05. The van der Waals surface area contributed by atoms with Gasteiger partial charge in [-0.25, -0.2) is 0 Å². The molecule has 0 amide bonds. The number of rotatable bonds is 6. The van der Waals surface area contributed by atoms with E-state index in [1.807, 2.05) is 6.92 Å². The molecule has 1 N–H and O–H groups in total. The second-order valence-corrected chi connectivity index (χ2v) is 3.27. The zero-order valence-electron chi connectivity index (χ0n) is 9.74. The van der Waals surface area contributed by atoms with Crippen LogP contribution < -0.4 is 5.32 Å². The summed E-state index contributed by atoms with van der Waals surface area (Å²) in [4.78, 5) is 23.2. The summed E-state index contributed by atoms with van der Waals surface area (Å²) in [6.07, 6.45) is 0. The van der Waals surface area contributed by atoms with Gasteiger partial charge >= 0.3 is 11.9 Å². The molecule has 0 saturated heterocycles. The second-order valence-electron chi connectivity index (χ2n) is 2.83. The number of hydrogen-bond acceptors (Lipinski definition) is 5. The van der Waals surface area contributed by atoms with E-state index in [2.05, 4.69) is 5.32 Å². The maximum absolute atomic E-state index is 11.5. The van der Waals surface area contributed by atoms with Gasteiger partial charge in [0.1, 0.15) is 4.99 Å². The van der Waals surface area contributed by atoms with Crippen LogP contribution in [0.5, 0.6) is 0 Å². The smallest absolute Gasteiger partial charge is 0.327 e. The summed E-state index contributed by atoms with van der Waals surface area (Å²) in [6.45, 7) is 6.08. The van der Waals surface area contributed by atoms with Gasteiger partial charge in [-0.15, -0.1) is 0 Å². The zero-order chi connectivity index (χ0) is 12.6. The molecule has 0 aromatic rings. The number of carbonyl (C=O) groups excluding carboxylic acids is 2. The van der Waals surface area contributed by atoms with Gasteiger partial charge in [0.05, 0.1) is 13.2 Å². The van der Waals surface area contributed by atoms with Crippen LogP contribution in [-0.2, 0) is 19.1 Å². The standard InChI is InChI=1S/C10H17NO4S/c1-4-11-8(16)7(9(12)14-5-2)10(13)15-6-3/h7H,4-6H2,1-3H3,(H,11,16). The summed E-state index contributed by atoms with van der Waals surface area (Å²) >= 11 is 4.94. The predicted octanol–water partition coefficient (Wildman–Crippen LogP) is 0.666.